The second-order valence-electron chi connectivity index (χ2n) is 3.64. The lowest BCUT2D eigenvalue weighted by Crippen LogP contribution is -2.04. The fourth-order valence-corrected chi connectivity index (χ4v) is 1.69. The first-order chi connectivity index (χ1) is 8.58. The van der Waals surface area contributed by atoms with Gasteiger partial charge in [0.15, 0.2) is 5.75 Å². The first kappa shape index (κ1) is 12.4. The van der Waals surface area contributed by atoms with Crippen LogP contribution < -0.4 is 4.74 Å². The van der Waals surface area contributed by atoms with Crippen molar-refractivity contribution in [2.45, 2.75) is 13.5 Å². The molecule has 0 saturated carbocycles. The van der Waals surface area contributed by atoms with Gasteiger partial charge in [-0.2, -0.15) is 0 Å². The highest BCUT2D eigenvalue weighted by molar-refractivity contribution is 6.32. The van der Waals surface area contributed by atoms with E-state index in [1.54, 1.807) is 25.1 Å². The van der Waals surface area contributed by atoms with Gasteiger partial charge in [-0.05, 0) is 19.1 Å². The molecule has 1 aromatic carbocycles. The molecule has 5 nitrogen and oxygen atoms in total. The van der Waals surface area contributed by atoms with Crippen LogP contribution in [0.3, 0.4) is 0 Å². The number of carboxylic acids is 1. The fourth-order valence-electron chi connectivity index (χ4n) is 1.46. The standard InChI is InChI=1S/C12H10ClNO4/c1-7-5-8(14-18-7)6-17-11-9(12(15)16)3-2-4-10(11)13/h2-5H,6H2,1H3,(H,15,16). The minimum Gasteiger partial charge on any atom is -0.485 e. The lowest BCUT2D eigenvalue weighted by molar-refractivity contribution is 0.0691. The summed E-state index contributed by atoms with van der Waals surface area (Å²) < 4.78 is 10.3. The second-order valence-corrected chi connectivity index (χ2v) is 4.05. The number of aryl methyl sites for hydroxylation is 1. The van der Waals surface area contributed by atoms with E-state index >= 15 is 0 Å². The van der Waals surface area contributed by atoms with Crippen molar-refractivity contribution in [3.63, 3.8) is 0 Å². The number of carbonyl (C=O) groups is 1. The van der Waals surface area contributed by atoms with Gasteiger partial charge >= 0.3 is 5.97 Å². The van der Waals surface area contributed by atoms with Gasteiger partial charge in [-0.25, -0.2) is 4.79 Å². The SMILES string of the molecule is Cc1cc(COc2c(Cl)cccc2C(=O)O)no1. The molecule has 0 atom stereocenters. The van der Waals surface area contributed by atoms with E-state index in [9.17, 15) is 4.79 Å². The molecule has 0 aliphatic carbocycles. The normalized spacial score (nSPS) is 10.3. The molecule has 1 aromatic heterocycles. The van der Waals surface area contributed by atoms with E-state index in [-0.39, 0.29) is 22.9 Å². The second kappa shape index (κ2) is 5.10. The Hall–Kier alpha value is -2.01. The van der Waals surface area contributed by atoms with Crippen molar-refractivity contribution in [1.29, 1.82) is 0 Å². The number of halogens is 1. The van der Waals surface area contributed by atoms with E-state index in [0.717, 1.165) is 0 Å². The van der Waals surface area contributed by atoms with Crippen molar-refractivity contribution in [2.24, 2.45) is 0 Å². The van der Waals surface area contributed by atoms with Gasteiger partial charge in [0, 0.05) is 6.07 Å². The molecule has 1 N–H and O–H groups in total. The first-order valence-electron chi connectivity index (χ1n) is 5.14. The van der Waals surface area contributed by atoms with Crippen LogP contribution in [0.2, 0.25) is 5.02 Å². The zero-order valence-electron chi connectivity index (χ0n) is 9.51. The maximum absolute atomic E-state index is 11.0. The number of aromatic carboxylic acids is 1. The molecular weight excluding hydrogens is 258 g/mol. The number of aromatic nitrogens is 1. The molecule has 0 fully saturated rings. The maximum Gasteiger partial charge on any atom is 0.339 e. The number of para-hydroxylation sites is 1. The molecule has 6 heteroatoms. The third-order valence-electron chi connectivity index (χ3n) is 2.24. The van der Waals surface area contributed by atoms with Crippen LogP contribution in [0.15, 0.2) is 28.8 Å². The van der Waals surface area contributed by atoms with Crippen molar-refractivity contribution < 1.29 is 19.2 Å². The fraction of sp³-hybridized carbons (Fsp3) is 0.167. The molecule has 94 valence electrons. The summed E-state index contributed by atoms with van der Waals surface area (Å²) in [6, 6.07) is 6.26. The Morgan fingerprint density at radius 1 is 1.56 bits per heavy atom. The largest absolute Gasteiger partial charge is 0.485 e. The van der Waals surface area contributed by atoms with Gasteiger partial charge in [-0.1, -0.05) is 22.8 Å². The molecule has 0 aliphatic rings. The van der Waals surface area contributed by atoms with Crippen LogP contribution >= 0.6 is 11.6 Å². The summed E-state index contributed by atoms with van der Waals surface area (Å²) in [4.78, 5) is 11.0. The van der Waals surface area contributed by atoms with Crippen LogP contribution in [0.1, 0.15) is 21.8 Å². The maximum atomic E-state index is 11.0. The Morgan fingerprint density at radius 2 is 2.33 bits per heavy atom. The van der Waals surface area contributed by atoms with Crippen molar-refractivity contribution >= 4 is 17.6 Å². The minimum absolute atomic E-state index is 0.0164. The zero-order chi connectivity index (χ0) is 13.1. The van der Waals surface area contributed by atoms with Crippen molar-refractivity contribution in [1.82, 2.24) is 5.16 Å². The Balaban J connectivity index is 2.20. The number of hydrogen-bond acceptors (Lipinski definition) is 4. The molecule has 0 saturated heterocycles. The third kappa shape index (κ3) is 2.62. The van der Waals surface area contributed by atoms with Gasteiger partial charge in [-0.3, -0.25) is 0 Å². The van der Waals surface area contributed by atoms with Crippen LogP contribution in [0, 0.1) is 6.92 Å². The van der Waals surface area contributed by atoms with E-state index in [1.807, 2.05) is 0 Å². The Morgan fingerprint density at radius 3 is 2.94 bits per heavy atom. The van der Waals surface area contributed by atoms with Gasteiger partial charge in [0.1, 0.15) is 23.6 Å². The minimum atomic E-state index is -1.09. The Kier molecular flexibility index (Phi) is 3.53. The molecule has 1 heterocycles. The van der Waals surface area contributed by atoms with Gasteiger partial charge in [0.25, 0.3) is 0 Å². The van der Waals surface area contributed by atoms with Crippen LogP contribution in [0.5, 0.6) is 5.75 Å². The monoisotopic (exact) mass is 267 g/mol. The Labute approximate surface area is 108 Å². The first-order valence-corrected chi connectivity index (χ1v) is 5.52. The van der Waals surface area contributed by atoms with Crippen LogP contribution in [-0.4, -0.2) is 16.2 Å². The van der Waals surface area contributed by atoms with E-state index < -0.39 is 5.97 Å². The summed E-state index contributed by atoms with van der Waals surface area (Å²) in [5, 5.41) is 13.0. The third-order valence-corrected chi connectivity index (χ3v) is 2.54. The van der Waals surface area contributed by atoms with Crippen molar-refractivity contribution in [2.75, 3.05) is 0 Å². The van der Waals surface area contributed by atoms with Gasteiger partial charge in [0.05, 0.1) is 5.02 Å². The average molecular weight is 268 g/mol. The Bertz CT molecular complexity index is 579. The topological polar surface area (TPSA) is 72.6 Å². The highest BCUT2D eigenvalue weighted by Crippen LogP contribution is 2.29. The smallest absolute Gasteiger partial charge is 0.339 e. The molecule has 18 heavy (non-hydrogen) atoms. The molecule has 0 radical (unpaired) electrons. The predicted octanol–water partition coefficient (Wildman–Crippen LogP) is 2.91. The lowest BCUT2D eigenvalue weighted by Gasteiger charge is -2.09. The van der Waals surface area contributed by atoms with Gasteiger partial charge in [-0.15, -0.1) is 0 Å². The number of carboxylic acid groups (broad SMARTS) is 1. The molecule has 0 bridgehead atoms. The summed E-state index contributed by atoms with van der Waals surface area (Å²) >= 11 is 5.91. The van der Waals surface area contributed by atoms with E-state index in [1.165, 1.54) is 6.07 Å². The molecule has 0 amide bonds. The summed E-state index contributed by atoms with van der Waals surface area (Å²) in [5.41, 5.74) is 0.589. The summed E-state index contributed by atoms with van der Waals surface area (Å²) in [6.45, 7) is 1.86. The predicted molar refractivity (Wildman–Crippen MR) is 64.0 cm³/mol. The van der Waals surface area contributed by atoms with E-state index in [0.29, 0.717) is 11.5 Å². The molecule has 0 aliphatic heterocycles. The lowest BCUT2D eigenvalue weighted by atomic mass is 10.2. The highest BCUT2D eigenvalue weighted by Gasteiger charge is 2.15. The number of benzene rings is 1. The van der Waals surface area contributed by atoms with Gasteiger partial charge < -0.3 is 14.4 Å². The number of ether oxygens (including phenoxy) is 1. The van der Waals surface area contributed by atoms with Crippen molar-refractivity contribution in [3.05, 3.63) is 46.3 Å². The molecule has 0 spiro atoms. The zero-order valence-corrected chi connectivity index (χ0v) is 10.3. The number of nitrogens with zero attached hydrogens (tertiary/aromatic N) is 1. The summed E-state index contributed by atoms with van der Waals surface area (Å²) in [6.07, 6.45) is 0. The number of hydrogen-bond donors (Lipinski definition) is 1. The quantitative estimate of drug-likeness (QED) is 0.922. The van der Waals surface area contributed by atoms with Gasteiger partial charge in [0.2, 0.25) is 0 Å². The molecule has 2 rings (SSSR count). The highest BCUT2D eigenvalue weighted by atomic mass is 35.5. The van der Waals surface area contributed by atoms with Crippen LogP contribution in [0.4, 0.5) is 0 Å². The molecule has 2 aromatic rings. The molecular formula is C12H10ClNO4. The summed E-state index contributed by atoms with van der Waals surface area (Å²) in [5.74, 6) is -0.303. The summed E-state index contributed by atoms with van der Waals surface area (Å²) in [7, 11) is 0. The average Bonchev–Trinajstić information content (AvgIpc) is 2.73. The van der Waals surface area contributed by atoms with E-state index in [4.69, 9.17) is 26.0 Å². The van der Waals surface area contributed by atoms with E-state index in [2.05, 4.69) is 5.16 Å². The number of rotatable bonds is 4. The van der Waals surface area contributed by atoms with Crippen molar-refractivity contribution in [3.8, 4) is 5.75 Å². The van der Waals surface area contributed by atoms with Crippen LogP contribution in [0.25, 0.3) is 0 Å². The van der Waals surface area contributed by atoms with Crippen LogP contribution in [-0.2, 0) is 6.61 Å². The molecule has 0 unspecified atom stereocenters.